The number of halogens is 4. The zero-order valence-electron chi connectivity index (χ0n) is 11.1. The summed E-state index contributed by atoms with van der Waals surface area (Å²) >= 11 is 0. The number of nitrogens with one attached hydrogen (secondary N) is 1. The largest absolute Gasteiger partial charge is 0.419 e. The van der Waals surface area contributed by atoms with Crippen LogP contribution in [0.5, 0.6) is 0 Å². The van der Waals surface area contributed by atoms with Crippen molar-refractivity contribution in [2.75, 3.05) is 6.54 Å². The lowest BCUT2D eigenvalue weighted by Gasteiger charge is -2.17. The Morgan fingerprint density at radius 1 is 1.32 bits per heavy atom. The van der Waals surface area contributed by atoms with Gasteiger partial charge in [-0.15, -0.1) is 0 Å². The summed E-state index contributed by atoms with van der Waals surface area (Å²) in [6.07, 6.45) is -2.86. The minimum atomic E-state index is -4.68. The Morgan fingerprint density at radius 3 is 2.42 bits per heavy atom. The molecule has 0 heterocycles. The molecule has 0 radical (unpaired) electrons. The maximum Gasteiger partial charge on any atom is 0.419 e. The van der Waals surface area contributed by atoms with E-state index in [0.717, 1.165) is 17.7 Å². The molecule has 1 rings (SSSR count). The molecule has 0 bridgehead atoms. The zero-order chi connectivity index (χ0) is 14.6. The van der Waals surface area contributed by atoms with E-state index in [-0.39, 0.29) is 6.04 Å². The van der Waals surface area contributed by atoms with Crippen molar-refractivity contribution in [1.29, 1.82) is 0 Å². The van der Waals surface area contributed by atoms with Gasteiger partial charge in [0.05, 0.1) is 11.6 Å². The summed E-state index contributed by atoms with van der Waals surface area (Å²) in [7, 11) is 0. The Hall–Kier alpha value is -1.36. The molecule has 0 aliphatic heterocycles. The van der Waals surface area contributed by atoms with Crippen LogP contribution < -0.4 is 5.32 Å². The van der Waals surface area contributed by atoms with Crippen molar-refractivity contribution in [3.05, 3.63) is 46.8 Å². The first kappa shape index (κ1) is 15.7. The summed E-state index contributed by atoms with van der Waals surface area (Å²) in [5.74, 6) is -1.25. The summed E-state index contributed by atoms with van der Waals surface area (Å²) in [6.45, 7) is 6.18. The smallest absolute Gasteiger partial charge is 0.307 e. The average molecular weight is 275 g/mol. The topological polar surface area (TPSA) is 12.0 Å². The third kappa shape index (κ3) is 4.35. The third-order valence-electron chi connectivity index (χ3n) is 2.58. The second-order valence-corrected chi connectivity index (χ2v) is 4.52. The molecule has 0 saturated heterocycles. The van der Waals surface area contributed by atoms with Crippen LogP contribution in [0.15, 0.2) is 29.8 Å². The molecule has 0 aliphatic rings. The minimum Gasteiger partial charge on any atom is -0.307 e. The molecule has 0 spiro atoms. The average Bonchev–Trinajstić information content (AvgIpc) is 2.27. The van der Waals surface area contributed by atoms with Crippen molar-refractivity contribution >= 4 is 0 Å². The molecule has 1 unspecified atom stereocenters. The number of rotatable bonds is 4. The maximum absolute atomic E-state index is 13.2. The fraction of sp³-hybridized carbons (Fsp3) is 0.429. The first-order chi connectivity index (χ1) is 8.75. The maximum atomic E-state index is 13.2. The molecular weight excluding hydrogens is 258 g/mol. The molecule has 5 heteroatoms. The van der Waals surface area contributed by atoms with Gasteiger partial charge < -0.3 is 5.32 Å². The lowest BCUT2D eigenvalue weighted by atomic mass is 10.0. The molecular formula is C14H17F4N. The van der Waals surface area contributed by atoms with Gasteiger partial charge >= 0.3 is 6.18 Å². The van der Waals surface area contributed by atoms with Crippen LogP contribution in [-0.2, 0) is 6.18 Å². The van der Waals surface area contributed by atoms with Gasteiger partial charge in [0.25, 0.3) is 0 Å². The second-order valence-electron chi connectivity index (χ2n) is 4.52. The summed E-state index contributed by atoms with van der Waals surface area (Å²) in [6, 6.07) is 2.75. The number of likely N-dealkylation sites (N-methyl/N-ethyl adjacent to an activating group) is 1. The van der Waals surface area contributed by atoms with Crippen molar-refractivity contribution in [2.24, 2.45) is 0 Å². The Bertz CT molecular complexity index is 459. The van der Waals surface area contributed by atoms with E-state index in [4.69, 9.17) is 0 Å². The highest BCUT2D eigenvalue weighted by Crippen LogP contribution is 2.33. The van der Waals surface area contributed by atoms with Crippen LogP contribution in [0.2, 0.25) is 0 Å². The lowest BCUT2D eigenvalue weighted by Crippen LogP contribution is -2.20. The van der Waals surface area contributed by atoms with Gasteiger partial charge in [-0.25, -0.2) is 4.39 Å². The molecule has 1 aromatic rings. The molecule has 0 fully saturated rings. The van der Waals surface area contributed by atoms with E-state index in [1.165, 1.54) is 6.07 Å². The SMILES string of the molecule is CCNC(C=C(C)C)c1ccc(F)c(C(F)(F)F)c1. The summed E-state index contributed by atoms with van der Waals surface area (Å²) in [4.78, 5) is 0. The molecule has 1 nitrogen and oxygen atoms in total. The van der Waals surface area contributed by atoms with Gasteiger partial charge in [0.1, 0.15) is 5.82 Å². The van der Waals surface area contributed by atoms with E-state index in [9.17, 15) is 17.6 Å². The van der Waals surface area contributed by atoms with Crippen LogP contribution in [0, 0.1) is 5.82 Å². The van der Waals surface area contributed by atoms with Crippen molar-refractivity contribution in [3.63, 3.8) is 0 Å². The molecule has 0 amide bonds. The molecule has 0 aromatic heterocycles. The summed E-state index contributed by atoms with van der Waals surface area (Å²) in [5.41, 5.74) is 0.149. The Kier molecular flexibility index (Phi) is 5.11. The van der Waals surface area contributed by atoms with Crippen molar-refractivity contribution in [2.45, 2.75) is 33.0 Å². The number of benzene rings is 1. The Balaban J connectivity index is 3.22. The molecule has 1 atom stereocenters. The van der Waals surface area contributed by atoms with Gasteiger partial charge in [-0.05, 0) is 38.1 Å². The highest BCUT2D eigenvalue weighted by atomic mass is 19.4. The van der Waals surface area contributed by atoms with Crippen LogP contribution in [0.25, 0.3) is 0 Å². The number of hydrogen-bond donors (Lipinski definition) is 1. The fourth-order valence-corrected chi connectivity index (χ4v) is 1.78. The standard InChI is InChI=1S/C14H17F4N/c1-4-19-13(7-9(2)3)10-5-6-12(15)11(8-10)14(16,17)18/h5-8,13,19H,4H2,1-3H3. The van der Waals surface area contributed by atoms with Gasteiger partial charge in [0.2, 0.25) is 0 Å². The predicted octanol–water partition coefficient (Wildman–Crippen LogP) is 4.46. The van der Waals surface area contributed by atoms with Crippen LogP contribution in [0.4, 0.5) is 17.6 Å². The molecule has 0 aliphatic carbocycles. The fourth-order valence-electron chi connectivity index (χ4n) is 1.78. The molecule has 19 heavy (non-hydrogen) atoms. The first-order valence-electron chi connectivity index (χ1n) is 6.00. The normalized spacial score (nSPS) is 13.2. The van der Waals surface area contributed by atoms with E-state index in [0.29, 0.717) is 12.1 Å². The number of alkyl halides is 3. The highest BCUT2D eigenvalue weighted by molar-refractivity contribution is 5.32. The van der Waals surface area contributed by atoms with E-state index in [2.05, 4.69) is 5.32 Å². The monoisotopic (exact) mass is 275 g/mol. The van der Waals surface area contributed by atoms with Gasteiger partial charge in [-0.2, -0.15) is 13.2 Å². The number of allylic oxidation sites excluding steroid dienone is 1. The number of hydrogen-bond acceptors (Lipinski definition) is 1. The minimum absolute atomic E-state index is 0.350. The van der Waals surface area contributed by atoms with Crippen LogP contribution in [-0.4, -0.2) is 6.54 Å². The zero-order valence-corrected chi connectivity index (χ0v) is 11.1. The van der Waals surface area contributed by atoms with Crippen molar-refractivity contribution in [3.8, 4) is 0 Å². The van der Waals surface area contributed by atoms with Gasteiger partial charge in [0, 0.05) is 0 Å². The van der Waals surface area contributed by atoms with Crippen LogP contribution >= 0.6 is 0 Å². The van der Waals surface area contributed by atoms with E-state index < -0.39 is 17.6 Å². The van der Waals surface area contributed by atoms with Gasteiger partial charge in [-0.1, -0.05) is 24.6 Å². The summed E-state index contributed by atoms with van der Waals surface area (Å²) < 4.78 is 51.2. The first-order valence-corrected chi connectivity index (χ1v) is 6.00. The Labute approximate surface area is 110 Å². The predicted molar refractivity (Wildman–Crippen MR) is 67.3 cm³/mol. The lowest BCUT2D eigenvalue weighted by molar-refractivity contribution is -0.140. The molecule has 1 N–H and O–H groups in total. The van der Waals surface area contributed by atoms with Gasteiger partial charge in [0.15, 0.2) is 0 Å². The van der Waals surface area contributed by atoms with Crippen molar-refractivity contribution < 1.29 is 17.6 Å². The second kappa shape index (κ2) is 6.19. The Morgan fingerprint density at radius 2 is 1.95 bits per heavy atom. The third-order valence-corrected chi connectivity index (χ3v) is 2.58. The van der Waals surface area contributed by atoms with E-state index in [1.54, 1.807) is 0 Å². The molecule has 0 saturated carbocycles. The van der Waals surface area contributed by atoms with Crippen molar-refractivity contribution in [1.82, 2.24) is 5.32 Å². The quantitative estimate of drug-likeness (QED) is 0.632. The highest BCUT2D eigenvalue weighted by Gasteiger charge is 2.34. The van der Waals surface area contributed by atoms with E-state index in [1.807, 2.05) is 26.8 Å². The van der Waals surface area contributed by atoms with Gasteiger partial charge in [-0.3, -0.25) is 0 Å². The summed E-state index contributed by atoms with van der Waals surface area (Å²) in [5, 5.41) is 3.06. The van der Waals surface area contributed by atoms with Crippen LogP contribution in [0.1, 0.15) is 37.9 Å². The molecule has 1 aromatic carbocycles. The van der Waals surface area contributed by atoms with Crippen LogP contribution in [0.3, 0.4) is 0 Å². The molecule has 106 valence electrons. The van der Waals surface area contributed by atoms with E-state index >= 15 is 0 Å².